The monoisotopic (exact) mass is 292 g/mol. The molecule has 2 rings (SSSR count). The fraction of sp³-hybridized carbons (Fsp3) is 0.562. The van der Waals surface area contributed by atoms with Gasteiger partial charge in [0.05, 0.1) is 6.04 Å². The van der Waals surface area contributed by atoms with Gasteiger partial charge in [0.25, 0.3) is 0 Å². The zero-order valence-corrected chi connectivity index (χ0v) is 13.1. The molecular weight excluding hydrogens is 268 g/mol. The Hall–Kier alpha value is -1.75. The molecule has 0 fully saturated rings. The number of carbonyl (C=O) groups excluding carboxylic acids is 1. The molecule has 0 saturated carbocycles. The van der Waals surface area contributed by atoms with Crippen molar-refractivity contribution in [2.45, 2.75) is 45.4 Å². The normalized spacial score (nSPS) is 18.6. The molecule has 0 aliphatic carbocycles. The molecule has 21 heavy (non-hydrogen) atoms. The van der Waals surface area contributed by atoms with Crippen molar-refractivity contribution in [3.63, 3.8) is 0 Å². The topological polar surface area (TPSA) is 59.6 Å². The average Bonchev–Trinajstić information content (AvgIpc) is 2.78. The number of fused-ring (bicyclic) bond motifs is 1. The molecule has 0 saturated heterocycles. The van der Waals surface area contributed by atoms with Gasteiger partial charge in [0.2, 0.25) is 0 Å². The first-order chi connectivity index (χ1) is 9.85. The molecule has 5 nitrogen and oxygen atoms in total. The van der Waals surface area contributed by atoms with Crippen LogP contribution in [0.15, 0.2) is 24.3 Å². The molecule has 1 aromatic carbocycles. The van der Waals surface area contributed by atoms with Gasteiger partial charge in [0.1, 0.15) is 18.0 Å². The fourth-order valence-corrected chi connectivity index (χ4v) is 2.25. The Morgan fingerprint density at radius 2 is 2.14 bits per heavy atom. The van der Waals surface area contributed by atoms with Gasteiger partial charge >= 0.3 is 6.09 Å². The second-order valence-electron chi connectivity index (χ2n) is 6.35. The molecule has 2 unspecified atom stereocenters. The van der Waals surface area contributed by atoms with Crippen LogP contribution in [0.2, 0.25) is 0 Å². The van der Waals surface area contributed by atoms with Gasteiger partial charge in [-0.2, -0.15) is 0 Å². The van der Waals surface area contributed by atoms with Crippen LogP contribution in [-0.4, -0.2) is 30.9 Å². The Morgan fingerprint density at radius 1 is 1.43 bits per heavy atom. The van der Waals surface area contributed by atoms with Crippen LogP contribution >= 0.6 is 0 Å². The maximum Gasteiger partial charge on any atom is 0.407 e. The minimum atomic E-state index is -0.473. The zero-order chi connectivity index (χ0) is 15.5. The van der Waals surface area contributed by atoms with Crippen LogP contribution in [-0.2, 0) is 4.74 Å². The fourth-order valence-electron chi connectivity index (χ4n) is 2.25. The third kappa shape index (κ3) is 4.63. The third-order valence-corrected chi connectivity index (χ3v) is 3.14. The van der Waals surface area contributed by atoms with Gasteiger partial charge in [0, 0.05) is 18.2 Å². The van der Waals surface area contributed by atoms with Crippen LogP contribution in [0.4, 0.5) is 4.79 Å². The Kier molecular flexibility index (Phi) is 4.73. The predicted octanol–water partition coefficient (Wildman–Crippen LogP) is 2.62. The second-order valence-corrected chi connectivity index (χ2v) is 6.35. The molecular formula is C16H24N2O3. The number of ether oxygens (including phenoxy) is 2. The van der Waals surface area contributed by atoms with E-state index in [0.717, 1.165) is 5.75 Å². The van der Waals surface area contributed by atoms with E-state index in [9.17, 15) is 4.79 Å². The van der Waals surface area contributed by atoms with Crippen molar-refractivity contribution in [2.75, 3.05) is 13.2 Å². The van der Waals surface area contributed by atoms with Crippen LogP contribution in [0.25, 0.3) is 0 Å². The van der Waals surface area contributed by atoms with Gasteiger partial charge in [-0.1, -0.05) is 18.2 Å². The van der Waals surface area contributed by atoms with E-state index in [1.54, 1.807) is 0 Å². The predicted molar refractivity (Wildman–Crippen MR) is 81.5 cm³/mol. The Bertz CT molecular complexity index is 497. The van der Waals surface area contributed by atoms with E-state index in [2.05, 4.69) is 16.7 Å². The van der Waals surface area contributed by atoms with Gasteiger partial charge in [-0.3, -0.25) is 0 Å². The maximum atomic E-state index is 11.6. The number of nitrogens with one attached hydrogen (secondary N) is 2. The Balaban J connectivity index is 1.78. The summed E-state index contributed by atoms with van der Waals surface area (Å²) >= 11 is 0. The lowest BCUT2D eigenvalue weighted by molar-refractivity contribution is 0.0522. The van der Waals surface area contributed by atoms with Crippen molar-refractivity contribution < 1.29 is 14.3 Å². The van der Waals surface area contributed by atoms with Crippen molar-refractivity contribution in [3.8, 4) is 5.75 Å². The summed E-state index contributed by atoms with van der Waals surface area (Å²) in [7, 11) is 0. The summed E-state index contributed by atoms with van der Waals surface area (Å²) in [6, 6.07) is 8.30. The van der Waals surface area contributed by atoms with Crippen LogP contribution < -0.4 is 15.4 Å². The summed E-state index contributed by atoms with van der Waals surface area (Å²) in [6.07, 6.45) is -0.390. The largest absolute Gasteiger partial charge is 0.491 e. The highest BCUT2D eigenvalue weighted by molar-refractivity contribution is 5.67. The van der Waals surface area contributed by atoms with Gasteiger partial charge in [-0.05, 0) is 33.8 Å². The number of alkyl carbamates (subject to hydrolysis) is 1. The SMILES string of the molecule is CC(CNC(=O)OC(C)(C)C)NC1COc2ccccc21. The van der Waals surface area contributed by atoms with Crippen molar-refractivity contribution in [1.29, 1.82) is 0 Å². The van der Waals surface area contributed by atoms with Crippen LogP contribution in [0, 0.1) is 0 Å². The van der Waals surface area contributed by atoms with Crippen molar-refractivity contribution in [2.24, 2.45) is 0 Å². The van der Waals surface area contributed by atoms with Crippen molar-refractivity contribution in [3.05, 3.63) is 29.8 Å². The number of para-hydroxylation sites is 1. The lowest BCUT2D eigenvalue weighted by Crippen LogP contribution is -2.42. The number of hydrogen-bond donors (Lipinski definition) is 2. The summed E-state index contributed by atoms with van der Waals surface area (Å²) in [6.45, 7) is 8.70. The Morgan fingerprint density at radius 3 is 2.86 bits per heavy atom. The number of hydrogen-bond acceptors (Lipinski definition) is 4. The number of rotatable bonds is 4. The van der Waals surface area contributed by atoms with Gasteiger partial charge in [0.15, 0.2) is 0 Å². The molecule has 1 aliphatic heterocycles. The molecule has 2 N–H and O–H groups in total. The maximum absolute atomic E-state index is 11.6. The molecule has 0 spiro atoms. The van der Waals surface area contributed by atoms with E-state index in [0.29, 0.717) is 13.2 Å². The quantitative estimate of drug-likeness (QED) is 0.895. The van der Waals surface area contributed by atoms with E-state index in [1.807, 2.05) is 45.9 Å². The van der Waals surface area contributed by atoms with Gasteiger partial charge < -0.3 is 20.1 Å². The highest BCUT2D eigenvalue weighted by atomic mass is 16.6. The molecule has 1 aliphatic rings. The van der Waals surface area contributed by atoms with Crippen molar-refractivity contribution in [1.82, 2.24) is 10.6 Å². The summed E-state index contributed by atoms with van der Waals surface area (Å²) in [5, 5.41) is 6.23. The lowest BCUT2D eigenvalue weighted by atomic mass is 10.1. The second kappa shape index (κ2) is 6.35. The summed E-state index contributed by atoms with van der Waals surface area (Å²) in [5.41, 5.74) is 0.695. The van der Waals surface area contributed by atoms with E-state index >= 15 is 0 Å². The number of amides is 1. The first kappa shape index (κ1) is 15.6. The molecule has 0 bridgehead atoms. The van der Waals surface area contributed by atoms with Crippen molar-refractivity contribution >= 4 is 6.09 Å². The molecule has 0 aromatic heterocycles. The van der Waals surface area contributed by atoms with Crippen LogP contribution in [0.1, 0.15) is 39.3 Å². The minimum absolute atomic E-state index is 0.122. The first-order valence-corrected chi connectivity index (χ1v) is 7.30. The highest BCUT2D eigenvalue weighted by Crippen LogP contribution is 2.31. The molecule has 116 valence electrons. The number of carbonyl (C=O) groups is 1. The standard InChI is InChI=1S/C16H24N2O3/c1-11(9-17-15(19)21-16(2,3)4)18-13-10-20-14-8-6-5-7-12(13)14/h5-8,11,13,18H,9-10H2,1-4H3,(H,17,19). The minimum Gasteiger partial charge on any atom is -0.491 e. The molecule has 1 heterocycles. The average molecular weight is 292 g/mol. The molecule has 1 aromatic rings. The molecule has 5 heteroatoms. The van der Waals surface area contributed by atoms with Crippen LogP contribution in [0.5, 0.6) is 5.75 Å². The van der Waals surface area contributed by atoms with E-state index < -0.39 is 5.60 Å². The van der Waals surface area contributed by atoms with E-state index in [4.69, 9.17) is 9.47 Å². The summed E-state index contributed by atoms with van der Waals surface area (Å²) < 4.78 is 10.8. The highest BCUT2D eigenvalue weighted by Gasteiger charge is 2.25. The van der Waals surface area contributed by atoms with Crippen LogP contribution in [0.3, 0.4) is 0 Å². The van der Waals surface area contributed by atoms with E-state index in [1.165, 1.54) is 5.56 Å². The van der Waals surface area contributed by atoms with E-state index in [-0.39, 0.29) is 18.2 Å². The molecule has 2 atom stereocenters. The number of benzene rings is 1. The first-order valence-electron chi connectivity index (χ1n) is 7.30. The zero-order valence-electron chi connectivity index (χ0n) is 13.1. The molecule has 0 radical (unpaired) electrons. The molecule has 1 amide bonds. The summed E-state index contributed by atoms with van der Waals surface area (Å²) in [4.78, 5) is 11.6. The lowest BCUT2D eigenvalue weighted by Gasteiger charge is -2.22. The van der Waals surface area contributed by atoms with Gasteiger partial charge in [-0.25, -0.2) is 4.79 Å². The summed E-state index contributed by atoms with van der Waals surface area (Å²) in [5.74, 6) is 0.933. The third-order valence-electron chi connectivity index (χ3n) is 3.14. The Labute approximate surface area is 126 Å². The smallest absolute Gasteiger partial charge is 0.407 e. The van der Waals surface area contributed by atoms with Gasteiger partial charge in [-0.15, -0.1) is 0 Å².